The van der Waals surface area contributed by atoms with Crippen LogP contribution in [0.15, 0.2) is 0 Å². The lowest BCUT2D eigenvalue weighted by atomic mass is 9.98. The van der Waals surface area contributed by atoms with Gasteiger partial charge in [0.2, 0.25) is 0 Å². The van der Waals surface area contributed by atoms with E-state index in [0.29, 0.717) is 19.4 Å². The van der Waals surface area contributed by atoms with Gasteiger partial charge in [-0.2, -0.15) is 0 Å². The number of amides is 2. The van der Waals surface area contributed by atoms with Crippen LogP contribution in [0.5, 0.6) is 0 Å². The van der Waals surface area contributed by atoms with E-state index in [0.717, 1.165) is 25.7 Å². The fraction of sp³-hybridized carbons (Fsp3) is 0.833. The third kappa shape index (κ3) is 10.1. The number of nitrogens with one attached hydrogen (secondary N) is 2. The molecule has 150 valence electrons. The van der Waals surface area contributed by atoms with E-state index in [9.17, 15) is 19.5 Å². The molecule has 0 radical (unpaired) electrons. The largest absolute Gasteiger partial charge is 0.480 e. The van der Waals surface area contributed by atoms with Crippen LogP contribution in [0.3, 0.4) is 0 Å². The Kier molecular flexibility index (Phi) is 9.23. The molecular weight excluding hydrogens is 340 g/mol. The van der Waals surface area contributed by atoms with Crippen LogP contribution in [0.1, 0.15) is 72.1 Å². The molecule has 0 aromatic rings. The first-order chi connectivity index (χ1) is 12.2. The number of carboxylic acid groups (broad SMARTS) is 1. The van der Waals surface area contributed by atoms with Crippen LogP contribution in [0.4, 0.5) is 9.59 Å². The highest BCUT2D eigenvalue weighted by atomic mass is 16.6. The predicted octanol–water partition coefficient (Wildman–Crippen LogP) is 3.19. The number of carbonyl (C=O) groups is 3. The van der Waals surface area contributed by atoms with Crippen LogP contribution in [0.2, 0.25) is 0 Å². The second-order valence-corrected chi connectivity index (χ2v) is 7.62. The molecule has 2 amide bonds. The minimum absolute atomic E-state index is 0.0122. The first-order valence-electron chi connectivity index (χ1n) is 9.34. The van der Waals surface area contributed by atoms with Crippen molar-refractivity contribution < 1.29 is 29.0 Å². The summed E-state index contributed by atoms with van der Waals surface area (Å²) in [6.07, 6.45) is 5.47. The van der Waals surface area contributed by atoms with Crippen molar-refractivity contribution in [3.05, 3.63) is 0 Å². The molecule has 0 bridgehead atoms. The smallest absolute Gasteiger partial charge is 0.408 e. The molecule has 0 unspecified atom stereocenters. The summed E-state index contributed by atoms with van der Waals surface area (Å²) in [6.45, 7) is 5.53. The highest BCUT2D eigenvalue weighted by Crippen LogP contribution is 2.20. The SMILES string of the molecule is CC(C)(C)OC(=O)N[C@@H](CCCCNC(=O)OC1CCCCC1)C(=O)O. The summed E-state index contributed by atoms with van der Waals surface area (Å²) < 4.78 is 10.4. The number of hydrogen-bond donors (Lipinski definition) is 3. The van der Waals surface area contributed by atoms with Crippen molar-refractivity contribution in [2.45, 2.75) is 89.9 Å². The number of carbonyl (C=O) groups excluding carboxylic acids is 2. The maximum absolute atomic E-state index is 11.7. The molecule has 1 aliphatic carbocycles. The van der Waals surface area contributed by atoms with Gasteiger partial charge in [-0.3, -0.25) is 0 Å². The van der Waals surface area contributed by atoms with Crippen LogP contribution in [-0.4, -0.2) is 47.6 Å². The molecule has 1 fully saturated rings. The van der Waals surface area contributed by atoms with Gasteiger partial charge < -0.3 is 25.2 Å². The van der Waals surface area contributed by atoms with E-state index in [1.165, 1.54) is 6.42 Å². The second kappa shape index (κ2) is 10.9. The number of ether oxygens (including phenoxy) is 2. The summed E-state index contributed by atoms with van der Waals surface area (Å²) in [5.74, 6) is -1.11. The molecule has 0 spiro atoms. The second-order valence-electron chi connectivity index (χ2n) is 7.62. The first kappa shape index (κ1) is 22.1. The fourth-order valence-corrected chi connectivity index (χ4v) is 2.75. The van der Waals surface area contributed by atoms with E-state index >= 15 is 0 Å². The van der Waals surface area contributed by atoms with Crippen LogP contribution in [0, 0.1) is 0 Å². The summed E-state index contributed by atoms with van der Waals surface area (Å²) in [5, 5.41) is 14.2. The summed E-state index contributed by atoms with van der Waals surface area (Å²) in [5.41, 5.74) is -0.685. The Labute approximate surface area is 155 Å². The zero-order valence-corrected chi connectivity index (χ0v) is 16.0. The number of unbranched alkanes of at least 4 members (excludes halogenated alkanes) is 1. The molecule has 0 saturated heterocycles. The number of hydrogen-bond acceptors (Lipinski definition) is 5. The predicted molar refractivity (Wildman–Crippen MR) is 96.0 cm³/mol. The average molecular weight is 372 g/mol. The summed E-state index contributed by atoms with van der Waals surface area (Å²) in [6, 6.07) is -1.01. The molecule has 1 atom stereocenters. The lowest BCUT2D eigenvalue weighted by molar-refractivity contribution is -0.139. The quantitative estimate of drug-likeness (QED) is 0.564. The molecule has 0 aromatic carbocycles. The molecule has 1 saturated carbocycles. The van der Waals surface area contributed by atoms with Gasteiger partial charge in [-0.25, -0.2) is 14.4 Å². The Morgan fingerprint density at radius 1 is 1.08 bits per heavy atom. The van der Waals surface area contributed by atoms with Crippen molar-refractivity contribution in [1.82, 2.24) is 10.6 Å². The number of rotatable bonds is 8. The minimum atomic E-state index is -1.11. The molecular formula is C18H32N2O6. The fourth-order valence-electron chi connectivity index (χ4n) is 2.75. The van der Waals surface area contributed by atoms with Gasteiger partial charge >= 0.3 is 18.2 Å². The molecule has 26 heavy (non-hydrogen) atoms. The standard InChI is InChI=1S/C18H32N2O6/c1-18(2,3)26-17(24)20-14(15(21)22)11-7-8-12-19-16(23)25-13-9-5-4-6-10-13/h13-14H,4-12H2,1-3H3,(H,19,23)(H,20,24)(H,21,22)/t14-/m0/s1. The van der Waals surface area contributed by atoms with Gasteiger partial charge in [0.1, 0.15) is 17.7 Å². The van der Waals surface area contributed by atoms with Gasteiger partial charge in [0.15, 0.2) is 0 Å². The zero-order valence-electron chi connectivity index (χ0n) is 16.0. The van der Waals surface area contributed by atoms with E-state index in [4.69, 9.17) is 9.47 Å². The van der Waals surface area contributed by atoms with Gasteiger partial charge in [0, 0.05) is 6.54 Å². The summed E-state index contributed by atoms with van der Waals surface area (Å²) in [7, 11) is 0. The Balaban J connectivity index is 2.19. The molecule has 0 heterocycles. The summed E-state index contributed by atoms with van der Waals surface area (Å²) >= 11 is 0. The van der Waals surface area contributed by atoms with Crippen LogP contribution in [0.25, 0.3) is 0 Å². The number of aliphatic carboxylic acids is 1. The van der Waals surface area contributed by atoms with Crippen LogP contribution >= 0.6 is 0 Å². The van der Waals surface area contributed by atoms with Crippen LogP contribution in [-0.2, 0) is 14.3 Å². The van der Waals surface area contributed by atoms with Crippen molar-refractivity contribution in [3.63, 3.8) is 0 Å². The Hall–Kier alpha value is -1.99. The number of carboxylic acids is 1. The maximum Gasteiger partial charge on any atom is 0.408 e. The third-order valence-corrected chi connectivity index (χ3v) is 4.00. The van der Waals surface area contributed by atoms with Crippen molar-refractivity contribution in [3.8, 4) is 0 Å². The molecule has 0 aromatic heterocycles. The average Bonchev–Trinajstić information content (AvgIpc) is 2.52. The van der Waals surface area contributed by atoms with Gasteiger partial charge in [-0.05, 0) is 65.7 Å². The maximum atomic E-state index is 11.7. The van der Waals surface area contributed by atoms with Crippen molar-refractivity contribution in [2.24, 2.45) is 0 Å². The Morgan fingerprint density at radius 2 is 1.73 bits per heavy atom. The van der Waals surface area contributed by atoms with Gasteiger partial charge in [-0.15, -0.1) is 0 Å². The summed E-state index contributed by atoms with van der Waals surface area (Å²) in [4.78, 5) is 34.6. The molecule has 3 N–H and O–H groups in total. The van der Waals surface area contributed by atoms with E-state index < -0.39 is 29.8 Å². The molecule has 1 aliphatic rings. The van der Waals surface area contributed by atoms with E-state index in [1.54, 1.807) is 20.8 Å². The minimum Gasteiger partial charge on any atom is -0.480 e. The van der Waals surface area contributed by atoms with Gasteiger partial charge in [0.05, 0.1) is 0 Å². The van der Waals surface area contributed by atoms with Crippen LogP contribution < -0.4 is 10.6 Å². The highest BCUT2D eigenvalue weighted by molar-refractivity contribution is 5.79. The lowest BCUT2D eigenvalue weighted by Gasteiger charge is -2.22. The van der Waals surface area contributed by atoms with Crippen molar-refractivity contribution in [1.29, 1.82) is 0 Å². The molecule has 0 aliphatic heterocycles. The highest BCUT2D eigenvalue weighted by Gasteiger charge is 2.23. The Morgan fingerprint density at radius 3 is 2.31 bits per heavy atom. The zero-order chi connectivity index (χ0) is 19.6. The van der Waals surface area contributed by atoms with E-state index in [-0.39, 0.29) is 12.5 Å². The molecule has 8 heteroatoms. The number of alkyl carbamates (subject to hydrolysis) is 2. The van der Waals surface area contributed by atoms with E-state index in [1.807, 2.05) is 0 Å². The van der Waals surface area contributed by atoms with Crippen molar-refractivity contribution >= 4 is 18.2 Å². The first-order valence-corrected chi connectivity index (χ1v) is 9.34. The normalized spacial score (nSPS) is 16.4. The lowest BCUT2D eigenvalue weighted by Crippen LogP contribution is -2.43. The van der Waals surface area contributed by atoms with Gasteiger partial charge in [-0.1, -0.05) is 6.42 Å². The van der Waals surface area contributed by atoms with Gasteiger partial charge in [0.25, 0.3) is 0 Å². The molecule has 8 nitrogen and oxygen atoms in total. The molecule has 1 rings (SSSR count). The third-order valence-electron chi connectivity index (χ3n) is 4.00. The topological polar surface area (TPSA) is 114 Å². The van der Waals surface area contributed by atoms with Crippen molar-refractivity contribution in [2.75, 3.05) is 6.54 Å². The monoisotopic (exact) mass is 372 g/mol. The van der Waals surface area contributed by atoms with E-state index in [2.05, 4.69) is 10.6 Å². The Bertz CT molecular complexity index is 469.